The zero-order valence-electron chi connectivity index (χ0n) is 9.97. The van der Waals surface area contributed by atoms with Crippen LogP contribution in [0.1, 0.15) is 6.92 Å². The van der Waals surface area contributed by atoms with Gasteiger partial charge in [-0.3, -0.25) is 4.79 Å². The quantitative estimate of drug-likeness (QED) is 0.743. The topological polar surface area (TPSA) is 69.6 Å². The summed E-state index contributed by atoms with van der Waals surface area (Å²) in [4.78, 5) is 11.8. The van der Waals surface area contributed by atoms with Crippen molar-refractivity contribution < 1.29 is 15.0 Å². The van der Waals surface area contributed by atoms with E-state index in [1.165, 1.54) is 11.8 Å². The Balaban J connectivity index is 2.42. The van der Waals surface area contributed by atoms with Crippen LogP contribution in [0.3, 0.4) is 0 Å². The second-order valence-electron chi connectivity index (χ2n) is 3.81. The zero-order chi connectivity index (χ0) is 13.5. The van der Waals surface area contributed by atoms with E-state index in [2.05, 4.69) is 21.2 Å². The van der Waals surface area contributed by atoms with Gasteiger partial charge in [0.1, 0.15) is 0 Å². The van der Waals surface area contributed by atoms with E-state index in [1.54, 1.807) is 6.92 Å². The van der Waals surface area contributed by atoms with Gasteiger partial charge in [-0.25, -0.2) is 0 Å². The maximum absolute atomic E-state index is 11.8. The monoisotopic (exact) mass is 333 g/mol. The van der Waals surface area contributed by atoms with Gasteiger partial charge in [-0.1, -0.05) is 15.9 Å². The van der Waals surface area contributed by atoms with Crippen LogP contribution in [0.5, 0.6) is 0 Å². The maximum Gasteiger partial charge on any atom is 0.237 e. The van der Waals surface area contributed by atoms with Gasteiger partial charge in [-0.2, -0.15) is 0 Å². The van der Waals surface area contributed by atoms with E-state index in [9.17, 15) is 9.90 Å². The predicted octanol–water partition coefficient (Wildman–Crippen LogP) is 1.86. The Kier molecular flexibility index (Phi) is 6.70. The fourth-order valence-corrected chi connectivity index (χ4v) is 2.25. The molecular formula is C12H16BrNO3S. The van der Waals surface area contributed by atoms with Crippen LogP contribution in [0.4, 0.5) is 5.69 Å². The van der Waals surface area contributed by atoms with Crippen molar-refractivity contribution in [2.24, 2.45) is 0 Å². The van der Waals surface area contributed by atoms with Crippen molar-refractivity contribution >= 4 is 39.3 Å². The molecule has 0 bridgehead atoms. The summed E-state index contributed by atoms with van der Waals surface area (Å²) >= 11 is 4.63. The number of amides is 1. The van der Waals surface area contributed by atoms with Gasteiger partial charge in [0.2, 0.25) is 5.91 Å². The number of thioether (sulfide) groups is 1. The third-order valence-corrected chi connectivity index (χ3v) is 4.05. The summed E-state index contributed by atoms with van der Waals surface area (Å²) in [5.74, 6) is 0.221. The molecule has 4 nitrogen and oxygen atoms in total. The summed E-state index contributed by atoms with van der Waals surface area (Å²) in [6, 6.07) is 7.32. The molecule has 0 aliphatic carbocycles. The zero-order valence-corrected chi connectivity index (χ0v) is 12.4. The number of aliphatic hydroxyl groups is 2. The third-order valence-electron chi connectivity index (χ3n) is 2.23. The molecule has 0 saturated carbocycles. The Morgan fingerprint density at radius 3 is 2.61 bits per heavy atom. The number of hydrogen-bond acceptors (Lipinski definition) is 4. The number of nitrogens with one attached hydrogen (secondary N) is 1. The van der Waals surface area contributed by atoms with Crippen molar-refractivity contribution in [1.82, 2.24) is 0 Å². The highest BCUT2D eigenvalue weighted by Crippen LogP contribution is 2.17. The molecule has 1 rings (SSSR count). The van der Waals surface area contributed by atoms with Crippen LogP contribution < -0.4 is 5.32 Å². The first-order chi connectivity index (χ1) is 8.52. The molecule has 0 radical (unpaired) electrons. The summed E-state index contributed by atoms with van der Waals surface area (Å²) in [7, 11) is 0. The minimum atomic E-state index is -0.780. The lowest BCUT2D eigenvalue weighted by Crippen LogP contribution is -2.25. The van der Waals surface area contributed by atoms with E-state index in [0.29, 0.717) is 5.75 Å². The van der Waals surface area contributed by atoms with E-state index < -0.39 is 6.10 Å². The minimum Gasteiger partial charge on any atom is -0.394 e. The number of rotatable bonds is 6. The molecule has 2 atom stereocenters. The van der Waals surface area contributed by atoms with Crippen LogP contribution in [0.25, 0.3) is 0 Å². The van der Waals surface area contributed by atoms with Crippen molar-refractivity contribution in [3.05, 3.63) is 28.7 Å². The molecule has 3 N–H and O–H groups in total. The first-order valence-electron chi connectivity index (χ1n) is 5.50. The van der Waals surface area contributed by atoms with Gasteiger partial charge in [0.25, 0.3) is 0 Å². The summed E-state index contributed by atoms with van der Waals surface area (Å²) in [6.45, 7) is 1.48. The smallest absolute Gasteiger partial charge is 0.237 e. The molecule has 0 saturated heterocycles. The minimum absolute atomic E-state index is 0.118. The van der Waals surface area contributed by atoms with Crippen LogP contribution in [0.2, 0.25) is 0 Å². The Morgan fingerprint density at radius 1 is 1.44 bits per heavy atom. The lowest BCUT2D eigenvalue weighted by Gasteiger charge is -2.13. The summed E-state index contributed by atoms with van der Waals surface area (Å²) < 4.78 is 0.953. The van der Waals surface area contributed by atoms with E-state index >= 15 is 0 Å². The lowest BCUT2D eigenvalue weighted by molar-refractivity contribution is -0.115. The third kappa shape index (κ3) is 5.39. The number of hydrogen-bond donors (Lipinski definition) is 3. The molecular weight excluding hydrogens is 318 g/mol. The standard InChI is InChI=1S/C12H16BrNO3S/c1-8(18-7-11(16)6-15)12(17)14-10-4-2-9(13)3-5-10/h2-5,8,11,15-16H,6-7H2,1H3,(H,14,17)/t8-,11-/m0/s1. The number of halogens is 1. The average molecular weight is 334 g/mol. The van der Waals surface area contributed by atoms with Gasteiger partial charge in [0, 0.05) is 15.9 Å². The van der Waals surface area contributed by atoms with Gasteiger partial charge < -0.3 is 15.5 Å². The number of aliphatic hydroxyl groups excluding tert-OH is 2. The maximum atomic E-state index is 11.8. The molecule has 0 spiro atoms. The molecule has 18 heavy (non-hydrogen) atoms. The molecule has 0 heterocycles. The fourth-order valence-electron chi connectivity index (χ4n) is 1.16. The Hall–Kier alpha value is -0.560. The van der Waals surface area contributed by atoms with Gasteiger partial charge in [-0.05, 0) is 31.2 Å². The van der Waals surface area contributed by atoms with Gasteiger partial charge in [-0.15, -0.1) is 11.8 Å². The number of carbonyl (C=O) groups excluding carboxylic acids is 1. The Labute approximate surface area is 119 Å². The molecule has 6 heteroatoms. The molecule has 1 aromatic rings. The molecule has 1 amide bonds. The second-order valence-corrected chi connectivity index (χ2v) is 6.10. The van der Waals surface area contributed by atoms with Gasteiger partial charge >= 0.3 is 0 Å². The Bertz CT molecular complexity index is 385. The Morgan fingerprint density at radius 2 is 2.06 bits per heavy atom. The predicted molar refractivity (Wildman–Crippen MR) is 77.8 cm³/mol. The highest BCUT2D eigenvalue weighted by Gasteiger charge is 2.15. The molecule has 100 valence electrons. The number of benzene rings is 1. The average Bonchev–Trinajstić information content (AvgIpc) is 2.38. The van der Waals surface area contributed by atoms with E-state index in [-0.39, 0.29) is 17.8 Å². The van der Waals surface area contributed by atoms with E-state index in [4.69, 9.17) is 5.11 Å². The molecule has 0 aliphatic heterocycles. The van der Waals surface area contributed by atoms with Crippen LogP contribution in [0.15, 0.2) is 28.7 Å². The van der Waals surface area contributed by atoms with E-state index in [1.807, 2.05) is 24.3 Å². The van der Waals surface area contributed by atoms with E-state index in [0.717, 1.165) is 10.2 Å². The van der Waals surface area contributed by atoms with Crippen molar-refractivity contribution in [2.45, 2.75) is 18.3 Å². The summed E-state index contributed by atoms with van der Waals surface area (Å²) in [5, 5.41) is 20.4. The van der Waals surface area contributed by atoms with Crippen molar-refractivity contribution in [2.75, 3.05) is 17.7 Å². The summed E-state index contributed by atoms with van der Waals surface area (Å²) in [6.07, 6.45) is -0.780. The van der Waals surface area contributed by atoms with Crippen LogP contribution in [0, 0.1) is 0 Å². The second kappa shape index (κ2) is 7.78. The first kappa shape index (κ1) is 15.5. The fraction of sp³-hybridized carbons (Fsp3) is 0.417. The SMILES string of the molecule is C[C@H](SC[C@@H](O)CO)C(=O)Nc1ccc(Br)cc1. The number of anilines is 1. The highest BCUT2D eigenvalue weighted by molar-refractivity contribution is 9.10. The molecule has 0 fully saturated rings. The van der Waals surface area contributed by atoms with Gasteiger partial charge in [0.05, 0.1) is 18.0 Å². The first-order valence-corrected chi connectivity index (χ1v) is 7.34. The molecule has 1 aromatic carbocycles. The van der Waals surface area contributed by atoms with Crippen molar-refractivity contribution in [3.8, 4) is 0 Å². The lowest BCUT2D eigenvalue weighted by atomic mass is 10.3. The summed E-state index contributed by atoms with van der Waals surface area (Å²) in [5.41, 5.74) is 0.735. The normalized spacial score (nSPS) is 14.0. The highest BCUT2D eigenvalue weighted by atomic mass is 79.9. The van der Waals surface area contributed by atoms with Crippen molar-refractivity contribution in [1.29, 1.82) is 0 Å². The largest absolute Gasteiger partial charge is 0.394 e. The number of carbonyl (C=O) groups is 1. The van der Waals surface area contributed by atoms with Crippen LogP contribution in [-0.4, -0.2) is 39.8 Å². The molecule has 0 unspecified atom stereocenters. The molecule has 0 aliphatic rings. The van der Waals surface area contributed by atoms with Gasteiger partial charge in [0.15, 0.2) is 0 Å². The molecule has 0 aromatic heterocycles. The van der Waals surface area contributed by atoms with Crippen LogP contribution >= 0.6 is 27.7 Å². The van der Waals surface area contributed by atoms with Crippen molar-refractivity contribution in [3.63, 3.8) is 0 Å². The van der Waals surface area contributed by atoms with Crippen LogP contribution in [-0.2, 0) is 4.79 Å².